The number of benzene rings is 1. The Morgan fingerprint density at radius 2 is 2.11 bits per heavy atom. The Bertz CT molecular complexity index is 554. The van der Waals surface area contributed by atoms with Crippen molar-refractivity contribution in [2.75, 3.05) is 0 Å². The van der Waals surface area contributed by atoms with Crippen LogP contribution in [0.1, 0.15) is 16.5 Å². The third-order valence-corrected chi connectivity index (χ3v) is 4.12. The van der Waals surface area contributed by atoms with Crippen LogP contribution in [-0.4, -0.2) is 5.78 Å². The fourth-order valence-corrected chi connectivity index (χ4v) is 2.81. The van der Waals surface area contributed by atoms with Gasteiger partial charge < -0.3 is 5.73 Å². The van der Waals surface area contributed by atoms with Gasteiger partial charge in [0.15, 0.2) is 5.78 Å². The summed E-state index contributed by atoms with van der Waals surface area (Å²) in [5.41, 5.74) is 6.65. The molecule has 0 spiro atoms. The van der Waals surface area contributed by atoms with E-state index in [9.17, 15) is 4.79 Å². The molecule has 2 nitrogen and oxygen atoms in total. The van der Waals surface area contributed by atoms with E-state index in [4.69, 9.17) is 28.9 Å². The lowest BCUT2D eigenvalue weighted by Gasteiger charge is -2.09. The van der Waals surface area contributed by atoms with Gasteiger partial charge in [-0.2, -0.15) is 0 Å². The average Bonchev–Trinajstić information content (AvgIpc) is 2.85. The Labute approximate surface area is 119 Å². The van der Waals surface area contributed by atoms with E-state index in [0.29, 0.717) is 10.0 Å². The fraction of sp³-hybridized carbons (Fsp3) is 0.154. The molecule has 94 valence electrons. The summed E-state index contributed by atoms with van der Waals surface area (Å²) in [4.78, 5) is 12.9. The summed E-state index contributed by atoms with van der Waals surface area (Å²) in [5, 5.41) is 2.95. The molecule has 5 heteroatoms. The Balaban J connectivity index is 2.12. The van der Waals surface area contributed by atoms with Gasteiger partial charge in [-0.25, -0.2) is 0 Å². The molecular formula is C13H11Cl2NOS. The molecule has 1 heterocycles. The molecule has 2 N–H and O–H groups in total. The minimum atomic E-state index is -0.586. The van der Waals surface area contributed by atoms with Gasteiger partial charge in [-0.15, -0.1) is 11.3 Å². The highest BCUT2D eigenvalue weighted by Gasteiger charge is 2.18. The summed E-state index contributed by atoms with van der Waals surface area (Å²) in [6, 6.07) is 8.24. The summed E-state index contributed by atoms with van der Waals surface area (Å²) in [6.45, 7) is 0. The van der Waals surface area contributed by atoms with Crippen LogP contribution in [0.15, 0.2) is 35.7 Å². The largest absolute Gasteiger partial charge is 0.317 e. The Morgan fingerprint density at radius 1 is 1.33 bits per heavy atom. The number of hydrogen-bond donors (Lipinski definition) is 1. The molecule has 1 aromatic carbocycles. The summed E-state index contributed by atoms with van der Waals surface area (Å²) in [7, 11) is 0. The van der Waals surface area contributed by atoms with Crippen LogP contribution in [0.2, 0.25) is 10.0 Å². The number of nitrogens with two attached hydrogens (primary N) is 1. The highest BCUT2D eigenvalue weighted by molar-refractivity contribution is 7.10. The van der Waals surface area contributed by atoms with Gasteiger partial charge >= 0.3 is 0 Å². The Hall–Kier alpha value is -0.870. The molecule has 1 unspecified atom stereocenters. The molecule has 2 aromatic rings. The lowest BCUT2D eigenvalue weighted by Crippen LogP contribution is -2.22. The van der Waals surface area contributed by atoms with Crippen LogP contribution in [0.25, 0.3) is 0 Å². The fourth-order valence-electron chi connectivity index (χ4n) is 1.59. The van der Waals surface area contributed by atoms with Crippen molar-refractivity contribution in [3.8, 4) is 0 Å². The molecule has 0 bridgehead atoms. The molecule has 0 aliphatic rings. The van der Waals surface area contributed by atoms with Crippen molar-refractivity contribution in [2.45, 2.75) is 12.5 Å². The topological polar surface area (TPSA) is 43.1 Å². The molecule has 18 heavy (non-hydrogen) atoms. The summed E-state index contributed by atoms with van der Waals surface area (Å²) in [5.74, 6) is -0.0540. The van der Waals surface area contributed by atoms with E-state index >= 15 is 0 Å². The second-order valence-corrected chi connectivity index (χ2v) is 5.69. The molecule has 0 radical (unpaired) electrons. The first-order valence-corrected chi connectivity index (χ1v) is 6.97. The van der Waals surface area contributed by atoms with Gasteiger partial charge in [-0.1, -0.05) is 35.3 Å². The standard InChI is InChI=1S/C13H11Cl2NOS/c14-9-4-3-8(10(15)7-9)6-11(17)13(16)12-2-1-5-18-12/h1-5,7,13H,6,16H2. The van der Waals surface area contributed by atoms with Crippen molar-refractivity contribution >= 4 is 40.3 Å². The molecule has 0 saturated carbocycles. The van der Waals surface area contributed by atoms with E-state index in [1.54, 1.807) is 18.2 Å². The lowest BCUT2D eigenvalue weighted by atomic mass is 10.0. The second kappa shape index (κ2) is 5.85. The van der Waals surface area contributed by atoms with Gasteiger partial charge in [0.1, 0.15) is 0 Å². The maximum atomic E-state index is 12.0. The van der Waals surface area contributed by atoms with E-state index in [1.807, 2.05) is 17.5 Å². The number of carbonyl (C=O) groups is 1. The maximum Gasteiger partial charge on any atom is 0.159 e. The molecule has 2 rings (SSSR count). The molecule has 1 atom stereocenters. The zero-order valence-electron chi connectivity index (χ0n) is 9.40. The van der Waals surface area contributed by atoms with Crippen molar-refractivity contribution in [2.24, 2.45) is 5.73 Å². The number of rotatable bonds is 4. The number of ketones is 1. The normalized spacial score (nSPS) is 12.4. The SMILES string of the molecule is NC(C(=O)Cc1ccc(Cl)cc1Cl)c1cccs1. The van der Waals surface area contributed by atoms with Crippen LogP contribution in [0.5, 0.6) is 0 Å². The molecule has 0 aliphatic carbocycles. The van der Waals surface area contributed by atoms with Crippen LogP contribution in [0.4, 0.5) is 0 Å². The predicted molar refractivity (Wildman–Crippen MR) is 76.4 cm³/mol. The van der Waals surface area contributed by atoms with Crippen LogP contribution in [0, 0.1) is 0 Å². The van der Waals surface area contributed by atoms with Gasteiger partial charge in [0.05, 0.1) is 6.04 Å². The summed E-state index contributed by atoms with van der Waals surface area (Å²) < 4.78 is 0. The van der Waals surface area contributed by atoms with Crippen molar-refractivity contribution in [1.29, 1.82) is 0 Å². The number of carbonyl (C=O) groups excluding carboxylic acids is 1. The number of hydrogen-bond acceptors (Lipinski definition) is 3. The van der Waals surface area contributed by atoms with Crippen molar-refractivity contribution in [1.82, 2.24) is 0 Å². The van der Waals surface area contributed by atoms with Gasteiger partial charge in [-0.3, -0.25) is 4.79 Å². The van der Waals surface area contributed by atoms with Crippen molar-refractivity contribution in [3.63, 3.8) is 0 Å². The quantitative estimate of drug-likeness (QED) is 0.931. The minimum Gasteiger partial charge on any atom is -0.317 e. The molecule has 0 amide bonds. The highest BCUT2D eigenvalue weighted by atomic mass is 35.5. The first kappa shape index (κ1) is 13.6. The van der Waals surface area contributed by atoms with E-state index in [0.717, 1.165) is 10.4 Å². The van der Waals surface area contributed by atoms with E-state index < -0.39 is 6.04 Å². The third-order valence-electron chi connectivity index (χ3n) is 2.58. The molecule has 0 fully saturated rings. The molecular weight excluding hydrogens is 289 g/mol. The molecule has 0 saturated heterocycles. The van der Waals surface area contributed by atoms with E-state index in [1.165, 1.54) is 11.3 Å². The molecule has 0 aliphatic heterocycles. The lowest BCUT2D eigenvalue weighted by molar-refractivity contribution is -0.119. The summed E-state index contributed by atoms with van der Waals surface area (Å²) >= 11 is 13.3. The molecule has 1 aromatic heterocycles. The van der Waals surface area contributed by atoms with Crippen LogP contribution in [0.3, 0.4) is 0 Å². The summed E-state index contributed by atoms with van der Waals surface area (Å²) in [6.07, 6.45) is 0.217. The van der Waals surface area contributed by atoms with Gasteiger partial charge in [0, 0.05) is 21.3 Å². The number of thiophene rings is 1. The second-order valence-electron chi connectivity index (χ2n) is 3.87. The third kappa shape index (κ3) is 3.12. The highest BCUT2D eigenvalue weighted by Crippen LogP contribution is 2.24. The van der Waals surface area contributed by atoms with E-state index in [2.05, 4.69) is 0 Å². The monoisotopic (exact) mass is 299 g/mol. The van der Waals surface area contributed by atoms with Gasteiger partial charge in [0.2, 0.25) is 0 Å². The van der Waals surface area contributed by atoms with E-state index in [-0.39, 0.29) is 12.2 Å². The minimum absolute atomic E-state index is 0.0540. The smallest absolute Gasteiger partial charge is 0.159 e. The Kier molecular flexibility index (Phi) is 4.40. The van der Waals surface area contributed by atoms with Gasteiger partial charge in [-0.05, 0) is 29.1 Å². The van der Waals surface area contributed by atoms with Crippen LogP contribution < -0.4 is 5.73 Å². The number of halogens is 2. The van der Waals surface area contributed by atoms with Crippen molar-refractivity contribution in [3.05, 3.63) is 56.2 Å². The van der Waals surface area contributed by atoms with Gasteiger partial charge in [0.25, 0.3) is 0 Å². The average molecular weight is 300 g/mol. The van der Waals surface area contributed by atoms with Crippen LogP contribution >= 0.6 is 34.5 Å². The predicted octanol–water partition coefficient (Wildman–Crippen LogP) is 3.87. The zero-order valence-corrected chi connectivity index (χ0v) is 11.7. The first-order chi connectivity index (χ1) is 8.58. The van der Waals surface area contributed by atoms with Crippen molar-refractivity contribution < 1.29 is 4.79 Å². The Morgan fingerprint density at radius 3 is 2.72 bits per heavy atom. The maximum absolute atomic E-state index is 12.0. The number of Topliss-reactive ketones (excluding diaryl/α,β-unsaturated/α-hetero) is 1. The zero-order chi connectivity index (χ0) is 13.1. The first-order valence-electron chi connectivity index (χ1n) is 5.33. The van der Waals surface area contributed by atoms with Crippen LogP contribution in [-0.2, 0) is 11.2 Å².